The summed E-state index contributed by atoms with van der Waals surface area (Å²) in [5, 5.41) is 7.70. The minimum atomic E-state index is 0.0101. The number of aromatic nitrogens is 3. The quantitative estimate of drug-likeness (QED) is 0.800. The van der Waals surface area contributed by atoms with Crippen molar-refractivity contribution in [3.63, 3.8) is 0 Å². The Labute approximate surface area is 138 Å². The number of H-pyrrole nitrogens is 1. The summed E-state index contributed by atoms with van der Waals surface area (Å²) >= 11 is 17.6. The summed E-state index contributed by atoms with van der Waals surface area (Å²) in [6.07, 6.45) is 0.0101. The molecule has 2 rings (SSSR count). The van der Waals surface area contributed by atoms with Crippen molar-refractivity contribution >= 4 is 35.4 Å². The summed E-state index contributed by atoms with van der Waals surface area (Å²) in [6, 6.07) is 3.63. The number of hydrogen-bond acceptors (Lipinski definition) is 4. The topological polar surface area (TPSA) is 54.9 Å². The van der Waals surface area contributed by atoms with Gasteiger partial charge in [0.15, 0.2) is 5.75 Å². The van der Waals surface area contributed by atoms with E-state index in [-0.39, 0.29) is 6.10 Å². The van der Waals surface area contributed by atoms with Gasteiger partial charge in [-0.05, 0) is 50.7 Å². The first-order chi connectivity index (χ1) is 9.88. The molecule has 0 unspecified atom stereocenters. The first kappa shape index (κ1) is 16.1. The van der Waals surface area contributed by atoms with Crippen LogP contribution in [0.3, 0.4) is 0 Å². The lowest BCUT2D eigenvalue weighted by Crippen LogP contribution is -2.16. The van der Waals surface area contributed by atoms with Crippen molar-refractivity contribution in [2.45, 2.75) is 33.4 Å². The lowest BCUT2D eigenvalue weighted by Gasteiger charge is -2.15. The van der Waals surface area contributed by atoms with E-state index in [0.29, 0.717) is 27.1 Å². The predicted molar refractivity (Wildman–Crippen MR) is 87.4 cm³/mol. The van der Waals surface area contributed by atoms with E-state index in [9.17, 15) is 0 Å². The van der Waals surface area contributed by atoms with Crippen molar-refractivity contribution in [3.8, 4) is 5.75 Å². The van der Waals surface area contributed by atoms with E-state index in [4.69, 9.17) is 40.2 Å². The maximum atomic E-state index is 6.22. The van der Waals surface area contributed by atoms with Gasteiger partial charge in [0.25, 0.3) is 0 Å². The molecular weight excluding hydrogens is 331 g/mol. The molecule has 0 aliphatic carbocycles. The minimum absolute atomic E-state index is 0.0101. The van der Waals surface area contributed by atoms with E-state index in [2.05, 4.69) is 15.6 Å². The van der Waals surface area contributed by atoms with Crippen molar-refractivity contribution in [1.29, 1.82) is 0 Å². The molecule has 1 heterocycles. The second-order valence-corrected chi connectivity index (χ2v) is 6.00. The molecule has 0 atom stereocenters. The van der Waals surface area contributed by atoms with E-state index >= 15 is 0 Å². The number of benzene rings is 1. The van der Waals surface area contributed by atoms with Crippen LogP contribution in [0.15, 0.2) is 12.1 Å². The third-order valence-electron chi connectivity index (χ3n) is 2.69. The maximum Gasteiger partial charge on any atom is 0.214 e. The highest BCUT2D eigenvalue weighted by Gasteiger charge is 2.11. The van der Waals surface area contributed by atoms with Gasteiger partial charge in [-0.15, -0.1) is 0 Å². The second-order valence-electron chi connectivity index (χ2n) is 4.80. The van der Waals surface area contributed by atoms with Crippen molar-refractivity contribution in [2.24, 2.45) is 0 Å². The molecule has 0 bridgehead atoms. The molecule has 0 saturated heterocycles. The molecule has 0 aliphatic heterocycles. The van der Waals surface area contributed by atoms with Crippen LogP contribution in [0, 0.1) is 11.7 Å². The van der Waals surface area contributed by atoms with Crippen LogP contribution in [0.4, 0.5) is 0 Å². The van der Waals surface area contributed by atoms with Crippen LogP contribution >= 0.6 is 35.4 Å². The van der Waals surface area contributed by atoms with Gasteiger partial charge in [0.1, 0.15) is 5.82 Å². The second kappa shape index (κ2) is 6.68. The number of halogens is 2. The molecule has 2 N–H and O–H groups in total. The lowest BCUT2D eigenvalue weighted by atomic mass is 10.2. The Hall–Kier alpha value is -1.24. The molecule has 21 heavy (non-hydrogen) atoms. The minimum Gasteiger partial charge on any atom is -0.488 e. The Balaban J connectivity index is 2.17. The molecule has 1 aromatic carbocycles. The average Bonchev–Trinajstić information content (AvgIpc) is 2.71. The molecule has 8 heteroatoms. The highest BCUT2D eigenvalue weighted by molar-refractivity contribution is 7.71. The normalized spacial score (nSPS) is 11.0. The van der Waals surface area contributed by atoms with Gasteiger partial charge in [-0.1, -0.05) is 23.2 Å². The monoisotopic (exact) mass is 346 g/mol. The van der Waals surface area contributed by atoms with Crippen LogP contribution in [-0.2, 0) is 6.54 Å². The Bertz CT molecular complexity index is 673. The molecule has 114 valence electrons. The molecule has 0 saturated carbocycles. The molecule has 0 radical (unpaired) electrons. The third-order valence-corrected chi connectivity index (χ3v) is 3.53. The largest absolute Gasteiger partial charge is 0.488 e. The summed E-state index contributed by atoms with van der Waals surface area (Å²) in [5.74, 6) is 1.25. The van der Waals surface area contributed by atoms with Gasteiger partial charge in [-0.2, -0.15) is 5.10 Å². The van der Waals surface area contributed by atoms with Crippen LogP contribution in [0.2, 0.25) is 10.0 Å². The lowest BCUT2D eigenvalue weighted by molar-refractivity contribution is 0.242. The average molecular weight is 347 g/mol. The van der Waals surface area contributed by atoms with Crippen molar-refractivity contribution in [2.75, 3.05) is 5.43 Å². The summed E-state index contributed by atoms with van der Waals surface area (Å²) in [7, 11) is 0. The van der Waals surface area contributed by atoms with Gasteiger partial charge in [-0.3, -0.25) is 5.10 Å². The van der Waals surface area contributed by atoms with E-state index in [1.165, 1.54) is 0 Å². The molecular formula is C13H16Cl2N4OS. The highest BCUT2D eigenvalue weighted by atomic mass is 35.5. The van der Waals surface area contributed by atoms with E-state index in [0.717, 1.165) is 11.4 Å². The SMILES string of the molecule is Cc1n[nH]c(=S)n1NCc1cc(Cl)c(OC(C)C)c(Cl)c1. The fraction of sp³-hybridized carbons (Fsp3) is 0.385. The number of nitrogens with one attached hydrogen (secondary N) is 2. The van der Waals surface area contributed by atoms with Crippen molar-refractivity contribution < 1.29 is 4.74 Å². The van der Waals surface area contributed by atoms with Gasteiger partial charge in [-0.25, -0.2) is 4.68 Å². The van der Waals surface area contributed by atoms with E-state index in [1.807, 2.05) is 32.9 Å². The molecule has 0 spiro atoms. The molecule has 0 aliphatic rings. The Morgan fingerprint density at radius 2 is 2.00 bits per heavy atom. The van der Waals surface area contributed by atoms with Gasteiger partial charge in [0, 0.05) is 0 Å². The Morgan fingerprint density at radius 3 is 2.48 bits per heavy atom. The van der Waals surface area contributed by atoms with Crippen molar-refractivity contribution in [3.05, 3.63) is 38.3 Å². The molecule has 0 fully saturated rings. The predicted octanol–water partition coefficient (Wildman–Crippen LogP) is 4.09. The van der Waals surface area contributed by atoms with E-state index in [1.54, 1.807) is 4.68 Å². The first-order valence-electron chi connectivity index (χ1n) is 6.41. The number of nitrogens with zero attached hydrogens (tertiary/aromatic N) is 2. The number of aromatic amines is 1. The number of rotatable bonds is 5. The van der Waals surface area contributed by atoms with Gasteiger partial charge < -0.3 is 10.2 Å². The zero-order valence-corrected chi connectivity index (χ0v) is 14.2. The fourth-order valence-corrected chi connectivity index (χ4v) is 2.66. The summed E-state index contributed by atoms with van der Waals surface area (Å²) < 4.78 is 7.79. The van der Waals surface area contributed by atoms with Gasteiger partial charge >= 0.3 is 0 Å². The van der Waals surface area contributed by atoms with Crippen LogP contribution < -0.4 is 10.2 Å². The van der Waals surface area contributed by atoms with E-state index < -0.39 is 0 Å². The van der Waals surface area contributed by atoms with Crippen molar-refractivity contribution in [1.82, 2.24) is 14.9 Å². The summed E-state index contributed by atoms with van der Waals surface area (Å²) in [6.45, 7) is 6.20. The van der Waals surface area contributed by atoms with Crippen LogP contribution in [0.5, 0.6) is 5.75 Å². The Morgan fingerprint density at radius 1 is 1.38 bits per heavy atom. The van der Waals surface area contributed by atoms with Gasteiger partial charge in [0.05, 0.1) is 22.7 Å². The van der Waals surface area contributed by atoms with Crippen LogP contribution in [0.25, 0.3) is 0 Å². The number of hydrogen-bond donors (Lipinski definition) is 2. The number of ether oxygens (including phenoxy) is 1. The summed E-state index contributed by atoms with van der Waals surface area (Å²) in [4.78, 5) is 0. The summed E-state index contributed by atoms with van der Waals surface area (Å²) in [5.41, 5.74) is 4.07. The standard InChI is InChI=1S/C13H16Cl2N4OS/c1-7(2)20-12-10(14)4-9(5-11(12)15)6-16-19-8(3)17-18-13(19)21/h4-5,7,16H,6H2,1-3H3,(H,18,21). The molecule has 1 aromatic heterocycles. The number of aryl methyl sites for hydroxylation is 1. The zero-order chi connectivity index (χ0) is 15.6. The molecule has 5 nitrogen and oxygen atoms in total. The first-order valence-corrected chi connectivity index (χ1v) is 7.57. The molecule has 0 amide bonds. The highest BCUT2D eigenvalue weighted by Crippen LogP contribution is 2.34. The van der Waals surface area contributed by atoms with Crippen LogP contribution in [-0.4, -0.2) is 21.0 Å². The smallest absolute Gasteiger partial charge is 0.214 e. The molecule has 2 aromatic rings. The Kier molecular flexibility index (Phi) is 5.13. The fourth-order valence-electron chi connectivity index (χ4n) is 1.79. The zero-order valence-electron chi connectivity index (χ0n) is 11.9. The third kappa shape index (κ3) is 3.90. The van der Waals surface area contributed by atoms with Crippen LogP contribution in [0.1, 0.15) is 25.2 Å². The van der Waals surface area contributed by atoms with Gasteiger partial charge in [0.2, 0.25) is 4.77 Å². The maximum absolute atomic E-state index is 6.22.